The Kier molecular flexibility index (Phi) is 7.01. The molecule has 4 fully saturated rings. The molecule has 0 unspecified atom stereocenters. The summed E-state index contributed by atoms with van der Waals surface area (Å²) in [6.45, 7) is 2.99. The SMILES string of the molecule is O=C(Cc1cncc(F)c1)C[N+]12CCC(CC1)[C@@H](OC(=O)C1(c3ccccc3)CCCCCC1)C2. The summed E-state index contributed by atoms with van der Waals surface area (Å²) in [6, 6.07) is 11.6. The lowest BCUT2D eigenvalue weighted by Gasteiger charge is -2.52. The van der Waals surface area contributed by atoms with Crippen LogP contribution in [0.5, 0.6) is 0 Å². The number of aromatic nitrogens is 1. The number of nitrogens with zero attached hydrogens (tertiary/aromatic N) is 2. The van der Waals surface area contributed by atoms with Crippen LogP contribution in [0.3, 0.4) is 0 Å². The first kappa shape index (κ1) is 24.1. The molecule has 1 aromatic carbocycles. The molecule has 1 aromatic heterocycles. The molecule has 3 aliphatic heterocycles. The monoisotopic (exact) mass is 479 g/mol. The van der Waals surface area contributed by atoms with Crippen LogP contribution in [-0.4, -0.2) is 53.5 Å². The second-order valence-corrected chi connectivity index (χ2v) is 11.0. The highest BCUT2D eigenvalue weighted by molar-refractivity contribution is 5.83. The van der Waals surface area contributed by atoms with Crippen molar-refractivity contribution >= 4 is 11.8 Å². The zero-order valence-corrected chi connectivity index (χ0v) is 20.5. The number of fused-ring (bicyclic) bond motifs is 3. The van der Waals surface area contributed by atoms with E-state index < -0.39 is 11.2 Å². The van der Waals surface area contributed by atoms with Crippen molar-refractivity contribution in [1.29, 1.82) is 0 Å². The summed E-state index contributed by atoms with van der Waals surface area (Å²) >= 11 is 0. The molecule has 35 heavy (non-hydrogen) atoms. The average molecular weight is 480 g/mol. The molecule has 5 nitrogen and oxygen atoms in total. The molecule has 4 aliphatic rings. The number of pyridine rings is 1. The Balaban J connectivity index is 1.29. The summed E-state index contributed by atoms with van der Waals surface area (Å²) in [5, 5.41) is 0. The number of ketones is 1. The molecule has 1 saturated carbocycles. The smallest absolute Gasteiger partial charge is 0.317 e. The fourth-order valence-corrected chi connectivity index (χ4v) is 6.74. The van der Waals surface area contributed by atoms with Crippen molar-refractivity contribution in [3.8, 4) is 0 Å². The van der Waals surface area contributed by atoms with Crippen molar-refractivity contribution in [2.24, 2.45) is 5.92 Å². The van der Waals surface area contributed by atoms with Gasteiger partial charge in [-0.05, 0) is 30.0 Å². The molecule has 6 rings (SSSR count). The van der Waals surface area contributed by atoms with Gasteiger partial charge in [0, 0.05) is 31.4 Å². The zero-order valence-electron chi connectivity index (χ0n) is 20.5. The highest BCUT2D eigenvalue weighted by Gasteiger charge is 2.50. The minimum absolute atomic E-state index is 0.0698. The predicted molar refractivity (Wildman–Crippen MR) is 131 cm³/mol. The number of hydrogen-bond donors (Lipinski definition) is 0. The van der Waals surface area contributed by atoms with Crippen molar-refractivity contribution in [2.45, 2.75) is 69.3 Å². The first-order chi connectivity index (χ1) is 17.0. The normalized spacial score (nSPS) is 27.7. The van der Waals surface area contributed by atoms with Crippen LogP contribution in [0.25, 0.3) is 0 Å². The fraction of sp³-hybridized carbons (Fsp3) is 0.552. The van der Waals surface area contributed by atoms with Crippen LogP contribution >= 0.6 is 0 Å². The fourth-order valence-electron chi connectivity index (χ4n) is 6.74. The predicted octanol–water partition coefficient (Wildman–Crippen LogP) is 4.78. The van der Waals surface area contributed by atoms with Crippen LogP contribution in [-0.2, 0) is 26.2 Å². The number of rotatable bonds is 7. The first-order valence-corrected chi connectivity index (χ1v) is 13.2. The van der Waals surface area contributed by atoms with Gasteiger partial charge in [-0.15, -0.1) is 0 Å². The van der Waals surface area contributed by atoms with Crippen LogP contribution < -0.4 is 0 Å². The van der Waals surface area contributed by atoms with Gasteiger partial charge in [0.15, 0.2) is 11.9 Å². The molecule has 4 heterocycles. The van der Waals surface area contributed by atoms with E-state index in [1.54, 1.807) is 6.20 Å². The first-order valence-electron chi connectivity index (χ1n) is 13.2. The second-order valence-electron chi connectivity index (χ2n) is 11.0. The topological polar surface area (TPSA) is 56.3 Å². The lowest BCUT2D eigenvalue weighted by Crippen LogP contribution is -2.66. The van der Waals surface area contributed by atoms with Gasteiger partial charge in [0.25, 0.3) is 0 Å². The number of quaternary nitrogens is 1. The van der Waals surface area contributed by atoms with Gasteiger partial charge in [0.1, 0.15) is 18.9 Å². The standard InChI is InChI=1S/C29H36FN2O3/c30-25-16-22(18-31-19-25)17-26(33)20-32-14-10-23(11-15-32)27(21-32)35-28(34)29(12-6-1-2-7-13-29)24-8-4-3-5-9-24/h3-5,8-9,16,18-19,23,27H,1-2,6-7,10-15,17,20-21H2/q+1/t23?,27-,32?/m0/s1. The molecule has 6 heteroatoms. The highest BCUT2D eigenvalue weighted by Crippen LogP contribution is 2.42. The van der Waals surface area contributed by atoms with E-state index in [0.29, 0.717) is 29.1 Å². The van der Waals surface area contributed by atoms with Gasteiger partial charge in [0.05, 0.1) is 24.7 Å². The Labute approximate surface area is 207 Å². The summed E-state index contributed by atoms with van der Waals surface area (Å²) in [5.74, 6) is -0.0222. The minimum atomic E-state index is -0.561. The maximum absolute atomic E-state index is 13.9. The number of piperidine rings is 3. The number of carbonyl (C=O) groups is 2. The maximum atomic E-state index is 13.9. The number of benzene rings is 1. The van der Waals surface area contributed by atoms with Gasteiger partial charge < -0.3 is 9.22 Å². The number of Topliss-reactive ketones (excluding diaryl/α,β-unsaturated/α-hetero) is 1. The van der Waals surface area contributed by atoms with E-state index in [-0.39, 0.29) is 24.3 Å². The molecule has 2 bridgehead atoms. The molecule has 0 N–H and O–H groups in total. The van der Waals surface area contributed by atoms with Crippen molar-refractivity contribution in [3.63, 3.8) is 0 Å². The summed E-state index contributed by atoms with van der Waals surface area (Å²) in [4.78, 5) is 30.7. The van der Waals surface area contributed by atoms with Crippen LogP contribution in [0.2, 0.25) is 0 Å². The molecule has 2 aromatic rings. The van der Waals surface area contributed by atoms with E-state index in [2.05, 4.69) is 17.1 Å². The Hall–Kier alpha value is -2.60. The van der Waals surface area contributed by atoms with Crippen LogP contribution in [0.15, 0.2) is 48.8 Å². The van der Waals surface area contributed by atoms with Gasteiger partial charge in [-0.25, -0.2) is 4.39 Å². The number of hydrogen-bond acceptors (Lipinski definition) is 4. The van der Waals surface area contributed by atoms with Crippen molar-refractivity contribution in [3.05, 3.63) is 65.7 Å². The number of carbonyl (C=O) groups excluding carboxylic acids is 2. The third-order valence-corrected chi connectivity index (χ3v) is 8.65. The van der Waals surface area contributed by atoms with Crippen LogP contribution in [0.1, 0.15) is 62.5 Å². The Bertz CT molecular complexity index is 1040. The summed E-state index contributed by atoms with van der Waals surface area (Å²) < 4.78 is 20.6. The summed E-state index contributed by atoms with van der Waals surface area (Å²) in [6.07, 6.45) is 10.8. The maximum Gasteiger partial charge on any atom is 0.317 e. The van der Waals surface area contributed by atoms with Gasteiger partial charge >= 0.3 is 5.97 Å². The Morgan fingerprint density at radius 1 is 1.03 bits per heavy atom. The van der Waals surface area contributed by atoms with Crippen LogP contribution in [0.4, 0.5) is 4.39 Å². The van der Waals surface area contributed by atoms with E-state index in [1.807, 2.05) is 18.2 Å². The number of halogens is 1. The average Bonchev–Trinajstić information content (AvgIpc) is 3.12. The Morgan fingerprint density at radius 2 is 1.74 bits per heavy atom. The van der Waals surface area contributed by atoms with Gasteiger partial charge in [-0.2, -0.15) is 0 Å². The van der Waals surface area contributed by atoms with E-state index in [1.165, 1.54) is 6.07 Å². The van der Waals surface area contributed by atoms with Crippen molar-refractivity contribution in [2.75, 3.05) is 26.2 Å². The van der Waals surface area contributed by atoms with E-state index in [0.717, 1.165) is 76.2 Å². The largest absolute Gasteiger partial charge is 0.455 e. The highest BCUT2D eigenvalue weighted by atomic mass is 19.1. The summed E-state index contributed by atoms with van der Waals surface area (Å²) in [7, 11) is 0. The molecule has 0 amide bonds. The molecule has 0 radical (unpaired) electrons. The third-order valence-electron chi connectivity index (χ3n) is 8.65. The van der Waals surface area contributed by atoms with E-state index in [9.17, 15) is 14.0 Å². The lowest BCUT2D eigenvalue weighted by atomic mass is 9.74. The summed E-state index contributed by atoms with van der Waals surface area (Å²) in [5.41, 5.74) is 1.13. The van der Waals surface area contributed by atoms with Gasteiger partial charge in [-0.3, -0.25) is 14.6 Å². The van der Waals surface area contributed by atoms with Crippen molar-refractivity contribution in [1.82, 2.24) is 4.98 Å². The Morgan fingerprint density at radius 3 is 2.43 bits per heavy atom. The quantitative estimate of drug-likeness (QED) is 0.326. The lowest BCUT2D eigenvalue weighted by molar-refractivity contribution is -0.939. The molecule has 1 atom stereocenters. The van der Waals surface area contributed by atoms with Gasteiger partial charge in [-0.1, -0.05) is 56.0 Å². The van der Waals surface area contributed by atoms with Crippen LogP contribution in [0, 0.1) is 11.7 Å². The number of ether oxygens (including phenoxy) is 1. The molecule has 1 aliphatic carbocycles. The second kappa shape index (κ2) is 10.2. The van der Waals surface area contributed by atoms with Gasteiger partial charge in [0.2, 0.25) is 0 Å². The molecule has 3 saturated heterocycles. The molecule has 0 spiro atoms. The molecular weight excluding hydrogens is 443 g/mol. The molecule has 186 valence electrons. The zero-order chi connectivity index (χ0) is 24.3. The van der Waals surface area contributed by atoms with Crippen molar-refractivity contribution < 1.29 is 23.2 Å². The molecular formula is C29H36FN2O3+. The minimum Gasteiger partial charge on any atom is -0.455 e. The van der Waals surface area contributed by atoms with E-state index in [4.69, 9.17) is 4.74 Å². The van der Waals surface area contributed by atoms with E-state index >= 15 is 0 Å². The third kappa shape index (κ3) is 5.18. The number of esters is 1.